The highest BCUT2D eigenvalue weighted by atomic mass is 19.1. The Bertz CT molecular complexity index is 590. The molecule has 1 atom stereocenters. The van der Waals surface area contributed by atoms with Crippen LogP contribution in [0.1, 0.15) is 17.2 Å². The van der Waals surface area contributed by atoms with Crippen molar-refractivity contribution in [2.75, 3.05) is 14.2 Å². The predicted molar refractivity (Wildman–Crippen MR) is 77.5 cm³/mol. The number of hydrazine groups is 1. The highest BCUT2D eigenvalue weighted by molar-refractivity contribution is 5.37. The molecule has 21 heavy (non-hydrogen) atoms. The summed E-state index contributed by atoms with van der Waals surface area (Å²) in [5.74, 6) is 6.40. The first-order valence-corrected chi connectivity index (χ1v) is 6.46. The van der Waals surface area contributed by atoms with E-state index in [-0.39, 0.29) is 11.9 Å². The fourth-order valence-corrected chi connectivity index (χ4v) is 2.12. The number of nitrogens with zero attached hydrogens (tertiary/aromatic N) is 1. The molecule has 1 aromatic heterocycles. The summed E-state index contributed by atoms with van der Waals surface area (Å²) < 4.78 is 23.7. The average Bonchev–Trinajstić information content (AvgIpc) is 2.53. The highest BCUT2D eigenvalue weighted by Gasteiger charge is 2.16. The molecule has 0 aliphatic carbocycles. The molecule has 0 amide bonds. The summed E-state index contributed by atoms with van der Waals surface area (Å²) in [6.45, 7) is 0. The van der Waals surface area contributed by atoms with Crippen molar-refractivity contribution in [2.45, 2.75) is 12.5 Å². The molecule has 5 nitrogen and oxygen atoms in total. The normalized spacial score (nSPS) is 12.0. The standard InChI is InChI=1S/C15H18FN3O2/c1-20-14-5-4-11(16)8-12(14)13(19-17)7-10-3-6-15(21-2)18-9-10/h3-6,8-9,13,19H,7,17H2,1-2H3. The molecule has 2 aromatic rings. The number of ether oxygens (including phenoxy) is 2. The molecule has 112 valence electrons. The van der Waals surface area contributed by atoms with Crippen LogP contribution in [0.2, 0.25) is 0 Å². The zero-order valence-electron chi connectivity index (χ0n) is 12.0. The highest BCUT2D eigenvalue weighted by Crippen LogP contribution is 2.28. The van der Waals surface area contributed by atoms with Gasteiger partial charge in [-0.15, -0.1) is 0 Å². The molecule has 2 rings (SSSR count). The lowest BCUT2D eigenvalue weighted by Crippen LogP contribution is -2.30. The maximum atomic E-state index is 13.5. The first-order valence-electron chi connectivity index (χ1n) is 6.46. The van der Waals surface area contributed by atoms with Gasteiger partial charge in [-0.3, -0.25) is 11.3 Å². The molecule has 1 aromatic carbocycles. The van der Waals surface area contributed by atoms with Crippen LogP contribution in [0.15, 0.2) is 36.5 Å². The zero-order valence-corrected chi connectivity index (χ0v) is 12.0. The number of rotatable bonds is 6. The van der Waals surface area contributed by atoms with Gasteiger partial charge in [-0.05, 0) is 30.2 Å². The van der Waals surface area contributed by atoms with E-state index < -0.39 is 0 Å². The predicted octanol–water partition coefficient (Wildman–Crippen LogP) is 1.99. The summed E-state index contributed by atoms with van der Waals surface area (Å²) in [5.41, 5.74) is 4.30. The summed E-state index contributed by atoms with van der Waals surface area (Å²) >= 11 is 0. The minimum atomic E-state index is -0.334. The average molecular weight is 291 g/mol. The fourth-order valence-electron chi connectivity index (χ4n) is 2.12. The summed E-state index contributed by atoms with van der Waals surface area (Å²) in [6, 6.07) is 7.73. The van der Waals surface area contributed by atoms with Crippen molar-refractivity contribution >= 4 is 0 Å². The van der Waals surface area contributed by atoms with Crippen molar-refractivity contribution in [3.63, 3.8) is 0 Å². The van der Waals surface area contributed by atoms with Gasteiger partial charge in [-0.2, -0.15) is 0 Å². The van der Waals surface area contributed by atoms with Gasteiger partial charge in [0, 0.05) is 17.8 Å². The van der Waals surface area contributed by atoms with E-state index in [4.69, 9.17) is 15.3 Å². The molecule has 0 bridgehead atoms. The van der Waals surface area contributed by atoms with Gasteiger partial charge < -0.3 is 9.47 Å². The second kappa shape index (κ2) is 7.01. The Labute approximate surface area is 122 Å². The van der Waals surface area contributed by atoms with Crippen LogP contribution < -0.4 is 20.7 Å². The molecule has 0 aliphatic heterocycles. The Morgan fingerprint density at radius 2 is 2.05 bits per heavy atom. The van der Waals surface area contributed by atoms with E-state index in [9.17, 15) is 4.39 Å². The number of methoxy groups -OCH3 is 2. The van der Waals surface area contributed by atoms with Crippen LogP contribution in [0, 0.1) is 5.82 Å². The maximum Gasteiger partial charge on any atom is 0.212 e. The Balaban J connectivity index is 2.24. The second-order valence-corrected chi connectivity index (χ2v) is 4.52. The summed E-state index contributed by atoms with van der Waals surface area (Å²) in [4.78, 5) is 4.14. The van der Waals surface area contributed by atoms with Gasteiger partial charge in [-0.25, -0.2) is 9.37 Å². The van der Waals surface area contributed by atoms with E-state index >= 15 is 0 Å². The molecule has 1 unspecified atom stereocenters. The largest absolute Gasteiger partial charge is 0.496 e. The second-order valence-electron chi connectivity index (χ2n) is 4.52. The van der Waals surface area contributed by atoms with E-state index in [0.717, 1.165) is 5.56 Å². The minimum absolute atomic E-state index is 0.286. The molecule has 6 heteroatoms. The van der Waals surface area contributed by atoms with Gasteiger partial charge in [0.1, 0.15) is 11.6 Å². The van der Waals surface area contributed by atoms with Crippen molar-refractivity contribution in [3.8, 4) is 11.6 Å². The molecule has 0 saturated heterocycles. The molecule has 0 saturated carbocycles. The first-order chi connectivity index (χ1) is 10.2. The first kappa shape index (κ1) is 15.2. The molecule has 0 radical (unpaired) electrons. The summed E-state index contributed by atoms with van der Waals surface area (Å²) in [5, 5.41) is 0. The van der Waals surface area contributed by atoms with Gasteiger partial charge in [0.25, 0.3) is 0 Å². The van der Waals surface area contributed by atoms with Crippen molar-refractivity contribution in [1.82, 2.24) is 10.4 Å². The molecular formula is C15H18FN3O2. The van der Waals surface area contributed by atoms with Crippen molar-refractivity contribution in [3.05, 3.63) is 53.5 Å². The zero-order chi connectivity index (χ0) is 15.2. The van der Waals surface area contributed by atoms with Gasteiger partial charge in [0.05, 0.1) is 20.3 Å². The maximum absolute atomic E-state index is 13.5. The SMILES string of the molecule is COc1ccc(CC(NN)c2cc(F)ccc2OC)cn1. The Morgan fingerprint density at radius 1 is 1.24 bits per heavy atom. The van der Waals surface area contributed by atoms with Crippen LogP contribution >= 0.6 is 0 Å². The molecule has 1 heterocycles. The fraction of sp³-hybridized carbons (Fsp3) is 0.267. The van der Waals surface area contributed by atoms with Crippen molar-refractivity contribution in [1.29, 1.82) is 0 Å². The van der Waals surface area contributed by atoms with Gasteiger partial charge >= 0.3 is 0 Å². The van der Waals surface area contributed by atoms with Gasteiger partial charge in [-0.1, -0.05) is 6.07 Å². The van der Waals surface area contributed by atoms with Crippen LogP contribution in [0.3, 0.4) is 0 Å². The number of hydrogen-bond acceptors (Lipinski definition) is 5. The molecule has 0 fully saturated rings. The van der Waals surface area contributed by atoms with Crippen LogP contribution in [0.25, 0.3) is 0 Å². The van der Waals surface area contributed by atoms with Crippen LogP contribution in [0.4, 0.5) is 4.39 Å². The van der Waals surface area contributed by atoms with Gasteiger partial charge in [0.2, 0.25) is 5.88 Å². The van der Waals surface area contributed by atoms with E-state index in [1.165, 1.54) is 12.1 Å². The van der Waals surface area contributed by atoms with Crippen molar-refractivity contribution < 1.29 is 13.9 Å². The molecule has 3 N–H and O–H groups in total. The third-order valence-corrected chi connectivity index (χ3v) is 3.21. The van der Waals surface area contributed by atoms with E-state index in [1.807, 2.05) is 6.07 Å². The lowest BCUT2D eigenvalue weighted by Gasteiger charge is -2.19. The minimum Gasteiger partial charge on any atom is -0.496 e. The number of pyridine rings is 1. The molecule has 0 spiro atoms. The molecular weight excluding hydrogens is 273 g/mol. The Hall–Kier alpha value is -2.18. The topological polar surface area (TPSA) is 69.4 Å². The van der Waals surface area contributed by atoms with Crippen molar-refractivity contribution in [2.24, 2.45) is 5.84 Å². The summed E-state index contributed by atoms with van der Waals surface area (Å²) in [6.07, 6.45) is 2.25. The quantitative estimate of drug-likeness (QED) is 0.629. The monoisotopic (exact) mass is 291 g/mol. The Kier molecular flexibility index (Phi) is 5.08. The van der Waals surface area contributed by atoms with Crippen LogP contribution in [-0.2, 0) is 6.42 Å². The smallest absolute Gasteiger partial charge is 0.212 e. The van der Waals surface area contributed by atoms with Gasteiger partial charge in [0.15, 0.2) is 0 Å². The lowest BCUT2D eigenvalue weighted by atomic mass is 9.99. The summed E-state index contributed by atoms with van der Waals surface area (Å²) in [7, 11) is 3.10. The third-order valence-electron chi connectivity index (χ3n) is 3.21. The number of hydrogen-bond donors (Lipinski definition) is 2. The number of nitrogens with one attached hydrogen (secondary N) is 1. The van der Waals surface area contributed by atoms with E-state index in [0.29, 0.717) is 23.6 Å². The van der Waals surface area contributed by atoms with E-state index in [1.54, 1.807) is 32.5 Å². The lowest BCUT2D eigenvalue weighted by molar-refractivity contribution is 0.394. The van der Waals surface area contributed by atoms with Crippen LogP contribution in [-0.4, -0.2) is 19.2 Å². The number of aromatic nitrogens is 1. The van der Waals surface area contributed by atoms with E-state index in [2.05, 4.69) is 10.4 Å². The third kappa shape index (κ3) is 3.68. The number of nitrogens with two attached hydrogens (primary N) is 1. The molecule has 0 aliphatic rings. The Morgan fingerprint density at radius 3 is 2.62 bits per heavy atom. The number of benzene rings is 1. The number of halogens is 1. The van der Waals surface area contributed by atoms with Crippen LogP contribution in [0.5, 0.6) is 11.6 Å².